The number of nitrogens with zero attached hydrogens (tertiary/aromatic N) is 2. The number of hydrogen-bond donors (Lipinski definition) is 1. The Balaban J connectivity index is 2.03. The Morgan fingerprint density at radius 3 is 3.06 bits per heavy atom. The number of nitrogens with one attached hydrogen (secondary N) is 1. The van der Waals surface area contributed by atoms with Crippen LogP contribution < -0.4 is 5.32 Å². The molecule has 1 aromatic rings. The molecule has 0 aliphatic carbocycles. The Bertz CT molecular complexity index is 366. The second-order valence-corrected chi connectivity index (χ2v) is 3.80. The summed E-state index contributed by atoms with van der Waals surface area (Å²) in [6.45, 7) is 0.179. The van der Waals surface area contributed by atoms with Crippen molar-refractivity contribution in [1.29, 1.82) is 0 Å². The Labute approximate surface area is 91.6 Å². The number of fused-ring (bicyclic) bond motifs is 1. The standard InChI is InChI=1S/C10H13F2N3O/c11-9(12)6-13-10(16)8-5-7-3-1-2-4-15(7)14-8/h5,9H,1-4,6H2,(H,13,16). The van der Waals surface area contributed by atoms with E-state index in [1.54, 1.807) is 10.7 Å². The molecule has 0 spiro atoms. The number of aromatic nitrogens is 2. The molecule has 0 saturated heterocycles. The van der Waals surface area contributed by atoms with Crippen molar-refractivity contribution in [2.24, 2.45) is 0 Å². The van der Waals surface area contributed by atoms with Crippen LogP contribution in [0.15, 0.2) is 6.07 Å². The number of amides is 1. The lowest BCUT2D eigenvalue weighted by Gasteiger charge is -2.11. The first-order valence-electron chi connectivity index (χ1n) is 5.30. The fraction of sp³-hybridized carbons (Fsp3) is 0.600. The topological polar surface area (TPSA) is 46.9 Å². The van der Waals surface area contributed by atoms with Crippen molar-refractivity contribution < 1.29 is 13.6 Å². The molecule has 2 rings (SSSR count). The maximum atomic E-state index is 11.9. The molecule has 16 heavy (non-hydrogen) atoms. The number of hydrogen-bond acceptors (Lipinski definition) is 2. The molecule has 0 fully saturated rings. The van der Waals surface area contributed by atoms with Gasteiger partial charge in [0.25, 0.3) is 12.3 Å². The molecule has 1 amide bonds. The van der Waals surface area contributed by atoms with E-state index in [-0.39, 0.29) is 5.69 Å². The third-order valence-corrected chi connectivity index (χ3v) is 2.57. The van der Waals surface area contributed by atoms with Crippen molar-refractivity contribution in [2.75, 3.05) is 6.54 Å². The Kier molecular flexibility index (Phi) is 3.17. The van der Waals surface area contributed by atoms with Gasteiger partial charge >= 0.3 is 0 Å². The summed E-state index contributed by atoms with van der Waals surface area (Å²) in [4.78, 5) is 11.4. The molecule has 1 N–H and O–H groups in total. The second-order valence-electron chi connectivity index (χ2n) is 3.80. The molecule has 0 saturated carbocycles. The molecule has 0 radical (unpaired) electrons. The lowest BCUT2D eigenvalue weighted by atomic mass is 10.1. The molecule has 0 aromatic carbocycles. The van der Waals surface area contributed by atoms with Gasteiger partial charge in [0.15, 0.2) is 0 Å². The number of halogens is 2. The van der Waals surface area contributed by atoms with E-state index in [2.05, 4.69) is 10.4 Å². The van der Waals surface area contributed by atoms with E-state index < -0.39 is 18.9 Å². The monoisotopic (exact) mass is 229 g/mol. The van der Waals surface area contributed by atoms with Gasteiger partial charge in [0, 0.05) is 12.2 Å². The molecule has 4 nitrogen and oxygen atoms in total. The van der Waals surface area contributed by atoms with Crippen molar-refractivity contribution in [2.45, 2.75) is 32.2 Å². The third kappa shape index (κ3) is 2.37. The van der Waals surface area contributed by atoms with Crippen molar-refractivity contribution >= 4 is 5.91 Å². The van der Waals surface area contributed by atoms with E-state index in [1.165, 1.54) is 0 Å². The Morgan fingerprint density at radius 2 is 2.38 bits per heavy atom. The fourth-order valence-electron chi connectivity index (χ4n) is 1.79. The van der Waals surface area contributed by atoms with Crippen LogP contribution in [0, 0.1) is 0 Å². The van der Waals surface area contributed by atoms with Crippen LogP contribution >= 0.6 is 0 Å². The smallest absolute Gasteiger partial charge is 0.271 e. The van der Waals surface area contributed by atoms with Gasteiger partial charge in [-0.25, -0.2) is 8.78 Å². The van der Waals surface area contributed by atoms with E-state index in [0.717, 1.165) is 31.5 Å². The van der Waals surface area contributed by atoms with Gasteiger partial charge in [0.2, 0.25) is 0 Å². The Hall–Kier alpha value is -1.46. The van der Waals surface area contributed by atoms with Gasteiger partial charge in [-0.3, -0.25) is 9.48 Å². The van der Waals surface area contributed by atoms with Crippen LogP contribution in [0.3, 0.4) is 0 Å². The highest BCUT2D eigenvalue weighted by Gasteiger charge is 2.17. The number of carbonyl (C=O) groups excluding carboxylic acids is 1. The van der Waals surface area contributed by atoms with Crippen molar-refractivity contribution in [3.05, 3.63) is 17.5 Å². The van der Waals surface area contributed by atoms with Crippen LogP contribution in [0.4, 0.5) is 8.78 Å². The summed E-state index contributed by atoms with van der Waals surface area (Å²) in [5.74, 6) is -0.526. The molecule has 1 aliphatic rings. The fourth-order valence-corrected chi connectivity index (χ4v) is 1.79. The molecule has 0 unspecified atom stereocenters. The summed E-state index contributed by atoms with van der Waals surface area (Å²) in [5, 5.41) is 6.23. The average molecular weight is 229 g/mol. The lowest BCUT2D eigenvalue weighted by molar-refractivity contribution is 0.0886. The van der Waals surface area contributed by atoms with Gasteiger partial charge < -0.3 is 5.32 Å². The molecule has 0 atom stereocenters. The van der Waals surface area contributed by atoms with E-state index >= 15 is 0 Å². The number of carbonyl (C=O) groups is 1. The molecule has 1 aromatic heterocycles. The highest BCUT2D eigenvalue weighted by atomic mass is 19.3. The summed E-state index contributed by atoms with van der Waals surface area (Å²) in [5.41, 5.74) is 1.24. The van der Waals surface area contributed by atoms with Gasteiger partial charge in [0.05, 0.1) is 6.54 Å². The number of alkyl halides is 2. The molecule has 88 valence electrons. The van der Waals surface area contributed by atoms with Gasteiger partial charge in [0.1, 0.15) is 5.69 Å². The summed E-state index contributed by atoms with van der Waals surface area (Å²) >= 11 is 0. The van der Waals surface area contributed by atoms with E-state index in [9.17, 15) is 13.6 Å². The highest BCUT2D eigenvalue weighted by Crippen LogP contribution is 2.15. The predicted octanol–water partition coefficient (Wildman–Crippen LogP) is 1.21. The minimum atomic E-state index is -2.53. The van der Waals surface area contributed by atoms with E-state index in [4.69, 9.17) is 0 Å². The normalized spacial score (nSPS) is 14.9. The Morgan fingerprint density at radius 1 is 1.56 bits per heavy atom. The molecule has 2 heterocycles. The minimum Gasteiger partial charge on any atom is -0.345 e. The van der Waals surface area contributed by atoms with Crippen molar-refractivity contribution in [3.63, 3.8) is 0 Å². The number of aryl methyl sites for hydroxylation is 2. The van der Waals surface area contributed by atoms with Crippen molar-refractivity contribution in [1.82, 2.24) is 15.1 Å². The summed E-state index contributed by atoms with van der Waals surface area (Å²) in [7, 11) is 0. The zero-order valence-corrected chi connectivity index (χ0v) is 8.75. The SMILES string of the molecule is O=C(NCC(F)F)c1cc2n(n1)CCCC2. The van der Waals surface area contributed by atoms with Crippen LogP contribution in [0.5, 0.6) is 0 Å². The van der Waals surface area contributed by atoms with Crippen LogP contribution in [-0.4, -0.2) is 28.7 Å². The van der Waals surface area contributed by atoms with Crippen molar-refractivity contribution in [3.8, 4) is 0 Å². The predicted molar refractivity (Wildman–Crippen MR) is 53.5 cm³/mol. The minimum absolute atomic E-state index is 0.234. The number of rotatable bonds is 3. The molecule has 1 aliphatic heterocycles. The van der Waals surface area contributed by atoms with Crippen LogP contribution in [-0.2, 0) is 13.0 Å². The maximum Gasteiger partial charge on any atom is 0.271 e. The second kappa shape index (κ2) is 4.59. The quantitative estimate of drug-likeness (QED) is 0.847. The van der Waals surface area contributed by atoms with Gasteiger partial charge in [-0.2, -0.15) is 5.10 Å². The van der Waals surface area contributed by atoms with Crippen LogP contribution in [0.2, 0.25) is 0 Å². The first kappa shape index (κ1) is 11.0. The maximum absolute atomic E-state index is 11.9. The van der Waals surface area contributed by atoms with Gasteiger partial charge in [-0.15, -0.1) is 0 Å². The molecule has 0 bridgehead atoms. The summed E-state index contributed by atoms with van der Waals surface area (Å²) in [6, 6.07) is 1.68. The molecular weight excluding hydrogens is 216 g/mol. The third-order valence-electron chi connectivity index (χ3n) is 2.57. The lowest BCUT2D eigenvalue weighted by Crippen LogP contribution is -2.28. The zero-order valence-electron chi connectivity index (χ0n) is 8.75. The van der Waals surface area contributed by atoms with E-state index in [0.29, 0.717) is 0 Å². The molecular formula is C10H13F2N3O. The zero-order chi connectivity index (χ0) is 11.5. The first-order valence-corrected chi connectivity index (χ1v) is 5.30. The summed E-state index contributed by atoms with van der Waals surface area (Å²) < 4.78 is 25.6. The molecule has 6 heteroatoms. The van der Waals surface area contributed by atoms with E-state index in [1.807, 2.05) is 0 Å². The van der Waals surface area contributed by atoms with Crippen LogP contribution in [0.25, 0.3) is 0 Å². The van der Waals surface area contributed by atoms with Crippen LogP contribution in [0.1, 0.15) is 29.0 Å². The first-order chi connectivity index (χ1) is 7.66. The largest absolute Gasteiger partial charge is 0.345 e. The van der Waals surface area contributed by atoms with Gasteiger partial charge in [-0.05, 0) is 25.3 Å². The van der Waals surface area contributed by atoms with Gasteiger partial charge in [-0.1, -0.05) is 0 Å². The highest BCUT2D eigenvalue weighted by molar-refractivity contribution is 5.92. The average Bonchev–Trinajstić information content (AvgIpc) is 2.69. The summed E-state index contributed by atoms with van der Waals surface area (Å²) in [6.07, 6.45) is 0.507.